The lowest BCUT2D eigenvalue weighted by Crippen LogP contribution is -2.41. The number of β-amino-alcohol motifs (C(OH)–C–C–N with tert-alkyl or cyclic N) is 1. The van der Waals surface area contributed by atoms with Crippen LogP contribution < -0.4 is 15.4 Å². The Morgan fingerprint density at radius 3 is 3.08 bits per heavy atom. The van der Waals surface area contributed by atoms with Crippen LogP contribution in [0.4, 0.5) is 10.1 Å². The van der Waals surface area contributed by atoms with Gasteiger partial charge < -0.3 is 25.4 Å². The monoisotopic (exact) mass is 545 g/mol. The number of aliphatic hydroxyl groups is 1. The van der Waals surface area contributed by atoms with Crippen LogP contribution in [0, 0.1) is 11.7 Å². The number of nitrogens with one attached hydrogen (secondary N) is 2. The molecule has 0 saturated carbocycles. The first kappa shape index (κ1) is 26.1. The highest BCUT2D eigenvalue weighted by Crippen LogP contribution is 2.33. The largest absolute Gasteiger partial charge is 0.479 e. The Morgan fingerprint density at radius 1 is 1.38 bits per heavy atom. The minimum Gasteiger partial charge on any atom is -0.479 e. The molecule has 196 valence electrons. The van der Waals surface area contributed by atoms with Gasteiger partial charge in [0.25, 0.3) is 5.88 Å². The van der Waals surface area contributed by atoms with Gasteiger partial charge in [0.1, 0.15) is 5.82 Å². The summed E-state index contributed by atoms with van der Waals surface area (Å²) >= 11 is 7.55. The second-order valence-corrected chi connectivity index (χ2v) is 10.8. The number of amides is 1. The van der Waals surface area contributed by atoms with Gasteiger partial charge in [-0.3, -0.25) is 4.79 Å². The molecule has 5 rings (SSSR count). The maximum atomic E-state index is 14.6. The third-order valence-electron chi connectivity index (χ3n) is 6.77. The molecule has 11 heteroatoms. The van der Waals surface area contributed by atoms with Gasteiger partial charge in [-0.2, -0.15) is 0 Å². The molecule has 37 heavy (non-hydrogen) atoms. The summed E-state index contributed by atoms with van der Waals surface area (Å²) in [5.74, 6) is 0.617. The zero-order valence-corrected chi connectivity index (χ0v) is 22.0. The van der Waals surface area contributed by atoms with Gasteiger partial charge in [0.2, 0.25) is 5.91 Å². The molecular formula is C26H29ClFN5O3S. The summed E-state index contributed by atoms with van der Waals surface area (Å²) in [5.41, 5.74) is 3.08. The molecule has 0 bridgehead atoms. The topological polar surface area (TPSA) is 99.6 Å². The van der Waals surface area contributed by atoms with Crippen LogP contribution in [-0.4, -0.2) is 64.9 Å². The van der Waals surface area contributed by atoms with Crippen LogP contribution in [0.2, 0.25) is 5.15 Å². The van der Waals surface area contributed by atoms with E-state index in [1.54, 1.807) is 6.07 Å². The molecular weight excluding hydrogens is 517 g/mol. The summed E-state index contributed by atoms with van der Waals surface area (Å²) < 4.78 is 19.7. The number of anilines is 1. The van der Waals surface area contributed by atoms with Gasteiger partial charge in [-0.05, 0) is 50.0 Å². The smallest absolute Gasteiger partial charge is 0.252 e. The maximum absolute atomic E-state index is 14.6. The maximum Gasteiger partial charge on any atom is 0.252 e. The Bertz CT molecular complexity index is 1310. The van der Waals surface area contributed by atoms with Gasteiger partial charge in [0.15, 0.2) is 5.15 Å². The number of ether oxygens (including phenoxy) is 1. The number of methoxy groups -OCH3 is 1. The summed E-state index contributed by atoms with van der Waals surface area (Å²) in [6.07, 6.45) is 1.34. The molecule has 3 heterocycles. The van der Waals surface area contributed by atoms with Crippen molar-refractivity contribution in [3.63, 3.8) is 0 Å². The Balaban J connectivity index is 1.18. The van der Waals surface area contributed by atoms with Crippen molar-refractivity contribution >= 4 is 46.0 Å². The van der Waals surface area contributed by atoms with E-state index in [9.17, 15) is 14.3 Å². The second kappa shape index (κ2) is 11.5. The molecule has 8 nitrogen and oxygen atoms in total. The average molecular weight is 546 g/mol. The lowest BCUT2D eigenvalue weighted by Gasteiger charge is -2.34. The molecule has 0 radical (unpaired) electrons. The van der Waals surface area contributed by atoms with Crippen molar-refractivity contribution in [2.24, 2.45) is 5.92 Å². The van der Waals surface area contributed by atoms with Crippen LogP contribution in [0.3, 0.4) is 0 Å². The first-order chi connectivity index (χ1) is 17.9. The zero-order chi connectivity index (χ0) is 25.9. The summed E-state index contributed by atoms with van der Waals surface area (Å²) in [6.45, 7) is 3.32. The number of carbonyl (C=O) groups excluding carboxylic acids is 1. The van der Waals surface area contributed by atoms with Crippen LogP contribution in [0.5, 0.6) is 5.88 Å². The van der Waals surface area contributed by atoms with Gasteiger partial charge in [-0.1, -0.05) is 23.7 Å². The van der Waals surface area contributed by atoms with Crippen LogP contribution in [0.25, 0.3) is 11.0 Å². The van der Waals surface area contributed by atoms with Crippen LogP contribution in [-0.2, 0) is 11.3 Å². The average Bonchev–Trinajstić information content (AvgIpc) is 2.88. The van der Waals surface area contributed by atoms with Crippen LogP contribution >= 0.6 is 23.4 Å². The SMILES string of the molecule is COc1nc2cccc([C@H](O)CN3CCCC(CNCc4cc5c(cc4F)SCC(=O)N5)C3)c2nc1Cl. The van der Waals surface area contributed by atoms with Crippen molar-refractivity contribution in [1.29, 1.82) is 0 Å². The van der Waals surface area contributed by atoms with E-state index in [1.807, 2.05) is 18.2 Å². The molecule has 2 aliphatic heterocycles. The molecule has 3 N–H and O–H groups in total. The standard InChI is InChI=1S/C26H29ClFN5O3S/c1-36-26-25(27)32-24-17(5-2-6-19(24)31-26)21(34)13-33-7-3-4-15(12-33)10-29-11-16-8-20-22(9-18(16)28)37-14-23(35)30-20/h2,5-6,8-9,15,21,29,34H,3-4,7,10-14H2,1H3,(H,30,35)/t15?,21-/m1/s1. The van der Waals surface area contributed by atoms with Crippen LogP contribution in [0.15, 0.2) is 35.2 Å². The highest BCUT2D eigenvalue weighted by Gasteiger charge is 2.24. The van der Waals surface area contributed by atoms with E-state index in [2.05, 4.69) is 25.5 Å². The lowest BCUT2D eigenvalue weighted by atomic mass is 9.97. The number of benzene rings is 2. The number of fused-ring (bicyclic) bond motifs is 2. The molecule has 1 amide bonds. The minimum atomic E-state index is -0.744. The van der Waals surface area contributed by atoms with Crippen molar-refractivity contribution in [2.45, 2.75) is 30.4 Å². The number of rotatable bonds is 8. The van der Waals surface area contributed by atoms with Gasteiger partial charge in [0, 0.05) is 35.7 Å². The molecule has 1 aromatic heterocycles. The van der Waals surface area contributed by atoms with E-state index in [-0.39, 0.29) is 22.8 Å². The van der Waals surface area contributed by atoms with Crippen molar-refractivity contribution < 1.29 is 19.0 Å². The molecule has 2 atom stereocenters. The van der Waals surface area contributed by atoms with Crippen molar-refractivity contribution in [2.75, 3.05) is 44.4 Å². The van der Waals surface area contributed by atoms with Gasteiger partial charge in [-0.15, -0.1) is 11.8 Å². The molecule has 0 spiro atoms. The minimum absolute atomic E-state index is 0.0640. The number of thioether (sulfide) groups is 1. The molecule has 2 aliphatic rings. The summed E-state index contributed by atoms with van der Waals surface area (Å²) in [5, 5.41) is 17.4. The number of likely N-dealkylation sites (tertiary alicyclic amines) is 1. The number of hydrogen-bond donors (Lipinski definition) is 3. The molecule has 1 fully saturated rings. The third kappa shape index (κ3) is 5.99. The van der Waals surface area contributed by atoms with E-state index in [4.69, 9.17) is 16.3 Å². The van der Waals surface area contributed by atoms with E-state index in [0.717, 1.165) is 37.4 Å². The fourth-order valence-electron chi connectivity index (χ4n) is 4.98. The highest BCUT2D eigenvalue weighted by molar-refractivity contribution is 8.00. The van der Waals surface area contributed by atoms with E-state index in [0.29, 0.717) is 52.6 Å². The Morgan fingerprint density at radius 2 is 2.24 bits per heavy atom. The fraction of sp³-hybridized carbons (Fsp3) is 0.423. The quantitative estimate of drug-likeness (QED) is 0.390. The van der Waals surface area contributed by atoms with E-state index < -0.39 is 6.10 Å². The van der Waals surface area contributed by atoms with Crippen molar-refractivity contribution in [1.82, 2.24) is 20.2 Å². The number of halogens is 2. The predicted molar refractivity (Wildman–Crippen MR) is 143 cm³/mol. The lowest BCUT2D eigenvalue weighted by molar-refractivity contribution is -0.113. The van der Waals surface area contributed by atoms with E-state index >= 15 is 0 Å². The molecule has 1 unspecified atom stereocenters. The summed E-state index contributed by atoms with van der Waals surface area (Å²) in [7, 11) is 1.49. The van der Waals surface area contributed by atoms with Gasteiger partial charge in [0.05, 0.1) is 35.7 Å². The number of nitrogens with zero attached hydrogens (tertiary/aromatic N) is 3. The number of piperidine rings is 1. The summed E-state index contributed by atoms with van der Waals surface area (Å²) in [4.78, 5) is 23.5. The molecule has 0 aliphatic carbocycles. The highest BCUT2D eigenvalue weighted by atomic mass is 35.5. The van der Waals surface area contributed by atoms with Crippen LogP contribution in [0.1, 0.15) is 30.1 Å². The van der Waals surface area contributed by atoms with Gasteiger partial charge >= 0.3 is 0 Å². The van der Waals surface area contributed by atoms with E-state index in [1.165, 1.54) is 24.9 Å². The Labute approximate surface area is 223 Å². The first-order valence-electron chi connectivity index (χ1n) is 12.3. The number of para-hydroxylation sites is 1. The Kier molecular flexibility index (Phi) is 8.11. The predicted octanol–water partition coefficient (Wildman–Crippen LogP) is 4.01. The third-order valence-corrected chi connectivity index (χ3v) is 8.07. The zero-order valence-electron chi connectivity index (χ0n) is 20.5. The summed E-state index contributed by atoms with van der Waals surface area (Å²) in [6, 6.07) is 8.73. The Hall–Kier alpha value is -2.50. The first-order valence-corrected chi connectivity index (χ1v) is 13.6. The number of aliphatic hydroxyl groups excluding tert-OH is 1. The normalized spacial score (nSPS) is 18.9. The van der Waals surface area contributed by atoms with Gasteiger partial charge in [-0.25, -0.2) is 14.4 Å². The number of hydrogen-bond acceptors (Lipinski definition) is 8. The number of carbonyl (C=O) groups is 1. The fourth-order valence-corrected chi connectivity index (χ4v) is 6.00. The number of aromatic nitrogens is 2. The second-order valence-electron chi connectivity index (χ2n) is 9.43. The molecule has 1 saturated heterocycles. The van der Waals surface area contributed by atoms with Crippen molar-refractivity contribution in [3.8, 4) is 5.88 Å². The van der Waals surface area contributed by atoms with Crippen molar-refractivity contribution in [3.05, 3.63) is 52.4 Å². The molecule has 2 aromatic carbocycles. The molecule has 3 aromatic rings.